The Morgan fingerprint density at radius 1 is 1.57 bits per heavy atom. The molecule has 3 N–H and O–H groups in total. The Balaban J connectivity index is 0.000000360. The zero-order valence-electron chi connectivity index (χ0n) is 4.15. The lowest BCUT2D eigenvalue weighted by Gasteiger charge is -1.70. The summed E-state index contributed by atoms with van der Waals surface area (Å²) in [4.78, 5) is 0. The predicted octanol–water partition coefficient (Wildman–Crippen LogP) is -0.561. The molecule has 1 unspecified atom stereocenters. The van der Waals surface area contributed by atoms with Crippen LogP contribution in [0.15, 0.2) is 0 Å². The Bertz CT molecular complexity index is 66.1. The molecule has 1 aliphatic rings. The number of hydrogen-bond acceptors (Lipinski definition) is 1. The first-order valence-corrected chi connectivity index (χ1v) is 3.45. The quantitative estimate of drug-likeness (QED) is 0.427. The van der Waals surface area contributed by atoms with Gasteiger partial charge >= 0.3 is 0 Å². The molecular weight excluding hydrogens is 109 g/mol. The standard InChI is InChI=1S/C4H8NP.H2O/c5-4-2-1-3-6-4;/h5-6H,1-3H2;1H2. The van der Waals surface area contributed by atoms with Gasteiger partial charge in [-0.05, 0) is 21.2 Å². The fraction of sp³-hybridized carbons (Fsp3) is 0.750. The smallest absolute Gasteiger partial charge is 0.166 e. The summed E-state index contributed by atoms with van der Waals surface area (Å²) in [6, 6.07) is 0. The third-order valence-electron chi connectivity index (χ3n) is 0.975. The van der Waals surface area contributed by atoms with E-state index in [0.29, 0.717) is 0 Å². The molecule has 42 valence electrons. The highest BCUT2D eigenvalue weighted by Gasteiger charge is 2.08. The van der Waals surface area contributed by atoms with Crippen molar-refractivity contribution in [3.05, 3.63) is 0 Å². The molecule has 0 aromatic rings. The Morgan fingerprint density at radius 2 is 2.29 bits per heavy atom. The lowest BCUT2D eigenvalue weighted by molar-refractivity contribution is -0.110. The molecule has 2 nitrogen and oxygen atoms in total. The topological polar surface area (TPSA) is 55.6 Å². The molecule has 1 saturated heterocycles. The van der Waals surface area contributed by atoms with Gasteiger partial charge in [-0.3, -0.25) is 5.41 Å². The number of nitrogens with two attached hydrogens (primary N) is 1. The van der Waals surface area contributed by atoms with Crippen LogP contribution in [0.25, 0.3) is 0 Å². The van der Waals surface area contributed by atoms with Gasteiger partial charge in [0.1, 0.15) is 0 Å². The Morgan fingerprint density at radius 3 is 2.43 bits per heavy atom. The van der Waals surface area contributed by atoms with Gasteiger partial charge in [0.2, 0.25) is 0 Å². The number of rotatable bonds is 0. The molecule has 1 heterocycles. The number of hydrogen-bond donors (Lipinski definition) is 1. The van der Waals surface area contributed by atoms with Crippen molar-refractivity contribution in [1.82, 2.24) is 0 Å². The van der Waals surface area contributed by atoms with Crippen molar-refractivity contribution in [3.63, 3.8) is 0 Å². The summed E-state index contributed by atoms with van der Waals surface area (Å²) < 4.78 is 0. The van der Waals surface area contributed by atoms with E-state index >= 15 is 0 Å². The molecule has 0 spiro atoms. The van der Waals surface area contributed by atoms with Crippen LogP contribution in [0.3, 0.4) is 0 Å². The van der Waals surface area contributed by atoms with Crippen molar-refractivity contribution in [2.75, 3.05) is 6.16 Å². The highest BCUT2D eigenvalue weighted by Crippen LogP contribution is 2.22. The van der Waals surface area contributed by atoms with Gasteiger partial charge in [0, 0.05) is 6.42 Å². The molecule has 0 radical (unpaired) electrons. The lowest BCUT2D eigenvalue weighted by Crippen LogP contribution is -2.34. The van der Waals surface area contributed by atoms with Crippen LogP contribution >= 0.6 is 8.58 Å². The fourth-order valence-corrected chi connectivity index (χ4v) is 1.64. The van der Waals surface area contributed by atoms with Crippen LogP contribution in [0.1, 0.15) is 12.8 Å². The fourth-order valence-electron chi connectivity index (χ4n) is 0.616. The van der Waals surface area contributed by atoms with Crippen molar-refractivity contribution in [2.24, 2.45) is 0 Å². The second kappa shape index (κ2) is 3.11. The Hall–Kier alpha value is 0.0600. The van der Waals surface area contributed by atoms with Gasteiger partial charge in [-0.25, -0.2) is 0 Å². The lowest BCUT2D eigenvalue weighted by atomic mass is 10.4. The van der Waals surface area contributed by atoms with Gasteiger partial charge in [-0.1, -0.05) is 0 Å². The van der Waals surface area contributed by atoms with Crippen molar-refractivity contribution in [1.29, 1.82) is 0 Å². The molecule has 1 rings (SSSR count). The van der Waals surface area contributed by atoms with E-state index in [0.717, 1.165) is 8.58 Å². The zero-order valence-corrected chi connectivity index (χ0v) is 5.15. The van der Waals surface area contributed by atoms with Crippen LogP contribution < -0.4 is 5.41 Å². The summed E-state index contributed by atoms with van der Waals surface area (Å²) in [5.74, 6) is 0. The van der Waals surface area contributed by atoms with E-state index in [1.54, 1.807) is 0 Å². The van der Waals surface area contributed by atoms with Crippen LogP contribution in [0.5, 0.6) is 0 Å². The molecule has 0 aliphatic carbocycles. The van der Waals surface area contributed by atoms with Gasteiger partial charge in [0.05, 0.1) is 0 Å². The third-order valence-corrected chi connectivity index (χ3v) is 2.28. The largest absolute Gasteiger partial charge is 0.870 e. The highest BCUT2D eigenvalue weighted by atomic mass is 31.1. The van der Waals surface area contributed by atoms with E-state index in [9.17, 15) is 0 Å². The van der Waals surface area contributed by atoms with E-state index in [1.165, 1.54) is 24.5 Å². The van der Waals surface area contributed by atoms with Crippen LogP contribution in [0.4, 0.5) is 0 Å². The second-order valence-electron chi connectivity index (χ2n) is 1.56. The molecule has 1 aliphatic heterocycles. The SMILES string of the molecule is [NH2+]=C1CCCP1.[OH-]. The monoisotopic (exact) mass is 119 g/mol. The minimum absolute atomic E-state index is 0. The predicted molar refractivity (Wildman–Crippen MR) is 31.3 cm³/mol. The third kappa shape index (κ3) is 2.00. The average molecular weight is 119 g/mol. The van der Waals surface area contributed by atoms with Crippen LogP contribution in [0.2, 0.25) is 0 Å². The van der Waals surface area contributed by atoms with Crippen molar-refractivity contribution in [2.45, 2.75) is 12.8 Å². The molecule has 0 aromatic carbocycles. The first-order valence-electron chi connectivity index (χ1n) is 2.25. The normalized spacial score (nSPS) is 22.6. The van der Waals surface area contributed by atoms with Gasteiger partial charge < -0.3 is 5.48 Å². The molecule has 1 atom stereocenters. The van der Waals surface area contributed by atoms with Crippen molar-refractivity contribution in [3.8, 4) is 0 Å². The summed E-state index contributed by atoms with van der Waals surface area (Å²) in [6.45, 7) is 0. The van der Waals surface area contributed by atoms with Gasteiger partial charge in [-0.15, -0.1) is 0 Å². The molecular formula is C4H10NOP. The molecule has 0 bridgehead atoms. The molecule has 0 aromatic heterocycles. The first kappa shape index (κ1) is 7.06. The van der Waals surface area contributed by atoms with E-state index in [-0.39, 0.29) is 5.48 Å². The average Bonchev–Trinajstić information content (AvgIpc) is 1.86. The summed E-state index contributed by atoms with van der Waals surface area (Å²) in [5, 5.41) is 5.46. The van der Waals surface area contributed by atoms with Crippen molar-refractivity contribution >= 4 is 14.0 Å². The van der Waals surface area contributed by atoms with Crippen LogP contribution in [-0.2, 0) is 0 Å². The minimum Gasteiger partial charge on any atom is -0.870 e. The Kier molecular flexibility index (Phi) is 3.14. The first-order chi connectivity index (χ1) is 2.89. The van der Waals surface area contributed by atoms with Crippen molar-refractivity contribution < 1.29 is 10.9 Å². The minimum atomic E-state index is 0. The second-order valence-corrected chi connectivity index (χ2v) is 3.05. The maximum Gasteiger partial charge on any atom is 0.166 e. The summed E-state index contributed by atoms with van der Waals surface area (Å²) in [5.41, 5.74) is 1.23. The zero-order chi connectivity index (χ0) is 4.41. The molecule has 7 heavy (non-hydrogen) atoms. The van der Waals surface area contributed by atoms with Crippen LogP contribution in [0, 0.1) is 0 Å². The summed E-state index contributed by atoms with van der Waals surface area (Å²) in [6.07, 6.45) is 3.88. The summed E-state index contributed by atoms with van der Waals surface area (Å²) in [7, 11) is 0.977. The van der Waals surface area contributed by atoms with E-state index in [2.05, 4.69) is 0 Å². The summed E-state index contributed by atoms with van der Waals surface area (Å²) >= 11 is 0. The van der Waals surface area contributed by atoms with E-state index < -0.39 is 0 Å². The van der Waals surface area contributed by atoms with Gasteiger partial charge in [0.15, 0.2) is 5.45 Å². The van der Waals surface area contributed by atoms with E-state index in [1.807, 2.05) is 0 Å². The molecule has 3 heteroatoms. The van der Waals surface area contributed by atoms with Gasteiger partial charge in [-0.2, -0.15) is 0 Å². The molecule has 0 amide bonds. The van der Waals surface area contributed by atoms with Crippen LogP contribution in [-0.4, -0.2) is 17.1 Å². The Labute approximate surface area is 44.9 Å². The maximum absolute atomic E-state index is 5.46. The molecule has 0 saturated carbocycles. The van der Waals surface area contributed by atoms with E-state index in [4.69, 9.17) is 5.41 Å². The van der Waals surface area contributed by atoms with Gasteiger partial charge in [0.25, 0.3) is 0 Å². The molecule has 1 fully saturated rings. The highest BCUT2D eigenvalue weighted by molar-refractivity contribution is 7.58. The maximum atomic E-state index is 5.46.